The van der Waals surface area contributed by atoms with Crippen LogP contribution in [0.15, 0.2) is 60.7 Å². The van der Waals surface area contributed by atoms with Gasteiger partial charge in [-0.15, -0.1) is 0 Å². The number of carbonyl (C=O) groups is 1. The summed E-state index contributed by atoms with van der Waals surface area (Å²) in [7, 11) is 0. The van der Waals surface area contributed by atoms with E-state index in [2.05, 4.69) is 60.7 Å². The Bertz CT molecular complexity index is 664. The minimum atomic E-state index is 0.113. The molecule has 2 aromatic rings. The summed E-state index contributed by atoms with van der Waals surface area (Å²) in [5.74, 6) is 2.70. The first-order valence-electron chi connectivity index (χ1n) is 7.97. The van der Waals surface area contributed by atoms with Gasteiger partial charge in [0, 0.05) is 17.8 Å². The fourth-order valence-corrected chi connectivity index (χ4v) is 5.61. The molecule has 4 atom stereocenters. The third-order valence-corrected chi connectivity index (χ3v) is 6.21. The van der Waals surface area contributed by atoms with E-state index in [4.69, 9.17) is 0 Å². The molecule has 3 aliphatic rings. The average Bonchev–Trinajstić information content (AvgIpc) is 2.93. The van der Waals surface area contributed by atoms with E-state index in [9.17, 15) is 4.79 Å². The molecule has 2 aromatic carbocycles. The zero-order chi connectivity index (χ0) is 14.0. The van der Waals surface area contributed by atoms with Crippen LogP contribution in [0.1, 0.15) is 24.0 Å². The molecule has 0 spiro atoms. The van der Waals surface area contributed by atoms with E-state index in [1.165, 1.54) is 11.1 Å². The summed E-state index contributed by atoms with van der Waals surface area (Å²) in [6, 6.07) is 21.8. The second kappa shape index (κ2) is 3.85. The number of rotatable bonds is 2. The fraction of sp³-hybridized carbons (Fsp3) is 0.350. The van der Waals surface area contributed by atoms with Crippen molar-refractivity contribution in [3.05, 3.63) is 71.8 Å². The lowest BCUT2D eigenvalue weighted by Gasteiger charge is -2.24. The lowest BCUT2D eigenvalue weighted by molar-refractivity contribution is -0.122. The normalized spacial score (nSPS) is 34.8. The van der Waals surface area contributed by atoms with E-state index >= 15 is 0 Å². The van der Waals surface area contributed by atoms with Gasteiger partial charge in [0.2, 0.25) is 0 Å². The van der Waals surface area contributed by atoms with E-state index in [1.807, 2.05) is 0 Å². The summed E-state index contributed by atoms with van der Waals surface area (Å²) >= 11 is 0. The van der Waals surface area contributed by atoms with Crippen molar-refractivity contribution in [2.45, 2.75) is 18.3 Å². The number of fused-ring (bicyclic) bond motifs is 5. The predicted octanol–water partition coefficient (Wildman–Crippen LogP) is 3.83. The average molecular weight is 274 g/mol. The number of benzene rings is 2. The third-order valence-electron chi connectivity index (χ3n) is 6.21. The molecule has 0 aromatic heterocycles. The number of hydrogen-bond acceptors (Lipinski definition) is 1. The molecular weight excluding hydrogens is 256 g/mol. The smallest absolute Gasteiger partial charge is 0.136 e. The van der Waals surface area contributed by atoms with E-state index in [0.717, 1.165) is 12.8 Å². The number of Topliss-reactive ketones (excluding diaryl/α,β-unsaturated/α-hetero) is 1. The Hall–Kier alpha value is -1.89. The molecule has 0 heterocycles. The van der Waals surface area contributed by atoms with Gasteiger partial charge in [-0.25, -0.2) is 0 Å². The summed E-state index contributed by atoms with van der Waals surface area (Å²) in [5, 5.41) is 0. The van der Waals surface area contributed by atoms with Crippen LogP contribution in [0.5, 0.6) is 0 Å². The Kier molecular flexibility index (Phi) is 2.15. The molecule has 0 amide bonds. The van der Waals surface area contributed by atoms with Gasteiger partial charge in [-0.1, -0.05) is 60.7 Å². The van der Waals surface area contributed by atoms with Crippen molar-refractivity contribution in [3.63, 3.8) is 0 Å². The van der Waals surface area contributed by atoms with Gasteiger partial charge in [-0.3, -0.25) is 4.79 Å². The highest BCUT2D eigenvalue weighted by molar-refractivity contribution is 5.87. The first-order chi connectivity index (χ1) is 10.3. The molecule has 1 nitrogen and oxygen atoms in total. The largest absolute Gasteiger partial charge is 0.299 e. The molecular formula is C20H18O. The van der Waals surface area contributed by atoms with Crippen molar-refractivity contribution in [1.29, 1.82) is 0 Å². The van der Waals surface area contributed by atoms with E-state index in [-0.39, 0.29) is 5.41 Å². The number of carbonyl (C=O) groups excluding carboxylic acids is 1. The Morgan fingerprint density at radius 2 is 1.38 bits per heavy atom. The Balaban J connectivity index is 1.71. The van der Waals surface area contributed by atoms with Crippen LogP contribution in [0.25, 0.3) is 0 Å². The topological polar surface area (TPSA) is 17.1 Å². The third kappa shape index (κ3) is 1.30. The van der Waals surface area contributed by atoms with E-state index in [0.29, 0.717) is 29.5 Å². The van der Waals surface area contributed by atoms with Crippen molar-refractivity contribution in [2.75, 3.05) is 0 Å². The molecule has 5 rings (SSSR count). The van der Waals surface area contributed by atoms with Crippen molar-refractivity contribution in [2.24, 2.45) is 23.7 Å². The van der Waals surface area contributed by atoms with Crippen LogP contribution in [0.3, 0.4) is 0 Å². The van der Waals surface area contributed by atoms with Gasteiger partial charge in [0.1, 0.15) is 5.78 Å². The molecule has 21 heavy (non-hydrogen) atoms. The van der Waals surface area contributed by atoms with Crippen LogP contribution in [0.4, 0.5) is 0 Å². The van der Waals surface area contributed by atoms with Gasteiger partial charge >= 0.3 is 0 Å². The van der Waals surface area contributed by atoms with Crippen LogP contribution in [0.2, 0.25) is 0 Å². The second-order valence-electron chi connectivity index (χ2n) is 6.93. The zero-order valence-electron chi connectivity index (χ0n) is 11.9. The molecule has 1 heteroatoms. The highest BCUT2D eigenvalue weighted by Gasteiger charge is 2.77. The summed E-state index contributed by atoms with van der Waals surface area (Å²) in [6.07, 6.45) is 1.98. The van der Waals surface area contributed by atoms with Crippen LogP contribution < -0.4 is 0 Å². The summed E-state index contributed by atoms with van der Waals surface area (Å²) in [6.45, 7) is 0. The molecule has 0 aliphatic heterocycles. The van der Waals surface area contributed by atoms with Gasteiger partial charge in [0.25, 0.3) is 0 Å². The zero-order valence-corrected chi connectivity index (χ0v) is 11.9. The maximum atomic E-state index is 12.2. The summed E-state index contributed by atoms with van der Waals surface area (Å²) in [5.41, 5.74) is 2.94. The van der Waals surface area contributed by atoms with Gasteiger partial charge in [-0.2, -0.15) is 0 Å². The van der Waals surface area contributed by atoms with Crippen LogP contribution in [-0.4, -0.2) is 5.78 Å². The van der Waals surface area contributed by atoms with Gasteiger partial charge in [-0.05, 0) is 35.3 Å². The van der Waals surface area contributed by atoms with Crippen molar-refractivity contribution >= 4 is 5.78 Å². The molecule has 0 saturated heterocycles. The summed E-state index contributed by atoms with van der Waals surface area (Å²) in [4.78, 5) is 12.2. The molecule has 3 aliphatic carbocycles. The Labute approximate surface area is 125 Å². The fourth-order valence-electron chi connectivity index (χ4n) is 5.61. The molecule has 2 bridgehead atoms. The van der Waals surface area contributed by atoms with Gasteiger partial charge in [0.05, 0.1) is 0 Å². The van der Waals surface area contributed by atoms with Crippen LogP contribution in [-0.2, 0) is 10.2 Å². The predicted molar refractivity (Wildman–Crippen MR) is 81.9 cm³/mol. The maximum absolute atomic E-state index is 12.2. The van der Waals surface area contributed by atoms with Crippen molar-refractivity contribution in [1.82, 2.24) is 0 Å². The molecule has 3 saturated carbocycles. The van der Waals surface area contributed by atoms with Crippen LogP contribution in [0, 0.1) is 23.7 Å². The Morgan fingerprint density at radius 1 is 0.810 bits per heavy atom. The number of hydrogen-bond donors (Lipinski definition) is 0. The first kappa shape index (κ1) is 11.7. The monoisotopic (exact) mass is 274 g/mol. The highest BCUT2D eigenvalue weighted by atomic mass is 16.1. The second-order valence-corrected chi connectivity index (χ2v) is 6.93. The molecule has 0 radical (unpaired) electrons. The minimum Gasteiger partial charge on any atom is -0.299 e. The molecule has 3 fully saturated rings. The Morgan fingerprint density at radius 3 is 1.90 bits per heavy atom. The van der Waals surface area contributed by atoms with Crippen LogP contribution >= 0.6 is 0 Å². The highest BCUT2D eigenvalue weighted by Crippen LogP contribution is 2.77. The maximum Gasteiger partial charge on any atom is 0.136 e. The molecule has 0 N–H and O–H groups in total. The molecule has 0 unspecified atom stereocenters. The lowest BCUT2D eigenvalue weighted by atomic mass is 9.78. The van der Waals surface area contributed by atoms with E-state index < -0.39 is 0 Å². The first-order valence-corrected chi connectivity index (χ1v) is 7.97. The summed E-state index contributed by atoms with van der Waals surface area (Å²) < 4.78 is 0. The minimum absolute atomic E-state index is 0.113. The quantitative estimate of drug-likeness (QED) is 0.813. The number of ketones is 1. The van der Waals surface area contributed by atoms with Gasteiger partial charge in [0.15, 0.2) is 0 Å². The van der Waals surface area contributed by atoms with E-state index in [1.54, 1.807) is 0 Å². The standard InChI is InChI=1S/C20H18O/c21-17-12-13-11-16(17)19-18(13)20(19,14-7-3-1-4-8-14)15-9-5-2-6-10-15/h1-10,13,16,18-19H,11-12H2/t13-,16+,18-,19-/m1/s1. The van der Waals surface area contributed by atoms with Crippen molar-refractivity contribution < 1.29 is 4.79 Å². The lowest BCUT2D eigenvalue weighted by Crippen LogP contribution is -2.21. The SMILES string of the molecule is O=C1C[C@H]2C[C@@H]1[C@@H]1[C@@H]2C1(c1ccccc1)c1ccccc1. The van der Waals surface area contributed by atoms with Crippen molar-refractivity contribution in [3.8, 4) is 0 Å². The van der Waals surface area contributed by atoms with Gasteiger partial charge < -0.3 is 0 Å². The molecule has 104 valence electrons.